The molecule has 8 heteroatoms. The van der Waals surface area contributed by atoms with Crippen molar-refractivity contribution in [3.8, 4) is 0 Å². The van der Waals surface area contributed by atoms with E-state index >= 15 is 0 Å². The van der Waals surface area contributed by atoms with Gasteiger partial charge in [0.1, 0.15) is 0 Å². The molecule has 236 valence electrons. The van der Waals surface area contributed by atoms with Crippen LogP contribution in [0.25, 0.3) is 0 Å². The first-order valence-electron chi connectivity index (χ1n) is 18.2. The van der Waals surface area contributed by atoms with Crippen LogP contribution in [0.5, 0.6) is 0 Å². The molecule has 4 saturated heterocycles. The van der Waals surface area contributed by atoms with Gasteiger partial charge in [0.15, 0.2) is 0 Å². The summed E-state index contributed by atoms with van der Waals surface area (Å²) in [6.07, 6.45) is 16.3. The fraction of sp³-hybridized carbons (Fsp3) is 1.00. The Morgan fingerprint density at radius 1 is 0.571 bits per heavy atom. The van der Waals surface area contributed by atoms with Gasteiger partial charge in [-0.25, -0.2) is 0 Å². The van der Waals surface area contributed by atoms with Crippen LogP contribution in [0, 0.1) is 23.7 Å². The Kier molecular flexibility index (Phi) is 7.45. The molecule has 18 unspecified atom stereocenters. The van der Waals surface area contributed by atoms with E-state index in [1.165, 1.54) is 77.3 Å². The zero-order chi connectivity index (χ0) is 28.3. The molecule has 0 aromatic carbocycles. The Labute approximate surface area is 263 Å². The van der Waals surface area contributed by atoms with Gasteiger partial charge in [0, 0.05) is 36.3 Å². The molecule has 0 spiro atoms. The molecule has 9 fully saturated rings. The molecule has 0 bridgehead atoms. The van der Waals surface area contributed by atoms with Gasteiger partial charge in [0.05, 0.1) is 47.3 Å². The molecule has 42 heavy (non-hydrogen) atoms. The third-order valence-corrected chi connectivity index (χ3v) is 15.5. The number of hydrogen-bond donors (Lipinski definition) is 2. The van der Waals surface area contributed by atoms with E-state index in [0.717, 1.165) is 48.6 Å². The molecule has 18 atom stereocenters. The van der Waals surface area contributed by atoms with Crippen LogP contribution in [0.4, 0.5) is 0 Å². The number of morpholine rings is 2. The summed E-state index contributed by atoms with van der Waals surface area (Å²) in [6, 6.07) is 3.79. The van der Waals surface area contributed by atoms with Crippen molar-refractivity contribution >= 4 is 23.2 Å². The van der Waals surface area contributed by atoms with Gasteiger partial charge in [-0.3, -0.25) is 9.80 Å². The number of ether oxygens (including phenoxy) is 2. The molecule has 2 N–H and O–H groups in total. The van der Waals surface area contributed by atoms with Gasteiger partial charge in [-0.05, 0) is 88.1 Å². The maximum absolute atomic E-state index is 7.44. The van der Waals surface area contributed by atoms with Crippen molar-refractivity contribution in [3.05, 3.63) is 0 Å². The number of nitrogens with one attached hydrogen (secondary N) is 2. The Morgan fingerprint density at radius 3 is 1.43 bits per heavy atom. The van der Waals surface area contributed by atoms with Crippen molar-refractivity contribution in [2.24, 2.45) is 23.7 Å². The van der Waals surface area contributed by atoms with E-state index in [1.54, 1.807) is 0 Å². The van der Waals surface area contributed by atoms with E-state index in [4.69, 9.17) is 32.7 Å². The normalized spacial score (nSPS) is 58.9. The lowest BCUT2D eigenvalue weighted by Gasteiger charge is -2.59. The van der Waals surface area contributed by atoms with E-state index in [9.17, 15) is 0 Å². The van der Waals surface area contributed by atoms with Crippen LogP contribution in [-0.2, 0) is 9.47 Å². The number of alkyl halides is 2. The molecular formula is C34H54Cl2N4O2. The van der Waals surface area contributed by atoms with Crippen LogP contribution in [0.2, 0.25) is 0 Å². The predicted octanol–water partition coefficient (Wildman–Crippen LogP) is 4.75. The number of halogens is 2. The number of fused-ring (bicyclic) bond motifs is 10. The van der Waals surface area contributed by atoms with Crippen LogP contribution in [0.15, 0.2) is 0 Å². The van der Waals surface area contributed by atoms with Crippen LogP contribution < -0.4 is 10.6 Å². The smallest absolute Gasteiger partial charge is 0.0927 e. The highest BCUT2D eigenvalue weighted by atomic mass is 35.5. The second-order valence-corrected chi connectivity index (χ2v) is 16.9. The van der Waals surface area contributed by atoms with E-state index in [0.29, 0.717) is 24.2 Å². The summed E-state index contributed by atoms with van der Waals surface area (Å²) in [4.78, 5) is 5.73. The highest BCUT2D eigenvalue weighted by molar-refractivity contribution is 6.24. The topological polar surface area (TPSA) is 49.0 Å². The molecule has 6 nitrogen and oxygen atoms in total. The standard InChI is InChI=1S/C34H54Cl2N4O2/c1-3-39-23-11-7-5-9-17(23)19-13-21-27(15-25(19)39)41-33-29(35)32-34(30(36)31(33)37-21)42-28-16-26-20(14-22(28)38-32)18-10-6-8-12-24(18)40(26)4-2/h17-34,37-38H,3-16H2,1-2H3. The van der Waals surface area contributed by atoms with Gasteiger partial charge in [-0.15, -0.1) is 23.2 Å². The van der Waals surface area contributed by atoms with Crippen molar-refractivity contribution in [1.29, 1.82) is 0 Å². The van der Waals surface area contributed by atoms with Gasteiger partial charge >= 0.3 is 0 Å². The summed E-state index contributed by atoms with van der Waals surface area (Å²) >= 11 is 14.9. The molecule has 9 aliphatic rings. The summed E-state index contributed by atoms with van der Waals surface area (Å²) in [5.41, 5.74) is 0. The Bertz CT molecular complexity index is 888. The molecule has 4 aliphatic heterocycles. The minimum absolute atomic E-state index is 0.0511. The lowest BCUT2D eigenvalue weighted by molar-refractivity contribution is -0.178. The maximum Gasteiger partial charge on any atom is 0.0927 e. The zero-order valence-electron chi connectivity index (χ0n) is 25.8. The summed E-state index contributed by atoms with van der Waals surface area (Å²) in [5, 5.41) is 7.92. The summed E-state index contributed by atoms with van der Waals surface area (Å²) in [5.74, 6) is 3.32. The van der Waals surface area contributed by atoms with Crippen molar-refractivity contribution in [2.45, 2.75) is 174 Å². The minimum atomic E-state index is -0.133. The molecule has 5 aliphatic carbocycles. The molecule has 0 aromatic rings. The average Bonchev–Trinajstić information content (AvgIpc) is 3.50. The monoisotopic (exact) mass is 620 g/mol. The van der Waals surface area contributed by atoms with Crippen LogP contribution in [0.3, 0.4) is 0 Å². The van der Waals surface area contributed by atoms with Crippen LogP contribution in [0.1, 0.15) is 90.9 Å². The van der Waals surface area contributed by atoms with Crippen LogP contribution >= 0.6 is 23.2 Å². The van der Waals surface area contributed by atoms with E-state index < -0.39 is 0 Å². The molecule has 5 saturated carbocycles. The van der Waals surface area contributed by atoms with Crippen molar-refractivity contribution in [2.75, 3.05) is 13.1 Å². The summed E-state index contributed by atoms with van der Waals surface area (Å²) in [6.45, 7) is 7.10. The molecule has 0 radical (unpaired) electrons. The Balaban J connectivity index is 0.934. The second-order valence-electron chi connectivity index (χ2n) is 15.9. The molecule has 0 amide bonds. The van der Waals surface area contributed by atoms with Gasteiger partial charge in [0.25, 0.3) is 0 Å². The third kappa shape index (κ3) is 4.17. The van der Waals surface area contributed by atoms with Gasteiger partial charge in [0.2, 0.25) is 0 Å². The first-order chi connectivity index (χ1) is 20.6. The second kappa shape index (κ2) is 11.0. The van der Waals surface area contributed by atoms with Gasteiger partial charge < -0.3 is 20.1 Å². The number of rotatable bonds is 2. The molecule has 9 rings (SSSR count). The molecular weight excluding hydrogens is 567 g/mol. The lowest BCUT2D eigenvalue weighted by Crippen LogP contribution is -2.78. The van der Waals surface area contributed by atoms with Crippen LogP contribution in [-0.4, -0.2) is 106 Å². The van der Waals surface area contributed by atoms with Gasteiger partial charge in [-0.1, -0.05) is 39.5 Å². The Hall–Kier alpha value is 0.340. The fourth-order valence-corrected chi connectivity index (χ4v) is 13.8. The third-order valence-electron chi connectivity index (χ3n) is 14.5. The lowest BCUT2D eigenvalue weighted by atomic mass is 9.69. The van der Waals surface area contributed by atoms with E-state index in [2.05, 4.69) is 34.3 Å². The zero-order valence-corrected chi connectivity index (χ0v) is 27.3. The predicted molar refractivity (Wildman–Crippen MR) is 167 cm³/mol. The number of hydrogen-bond acceptors (Lipinski definition) is 6. The van der Waals surface area contributed by atoms with Gasteiger partial charge in [-0.2, -0.15) is 0 Å². The first kappa shape index (κ1) is 28.6. The summed E-state index contributed by atoms with van der Waals surface area (Å²) < 4.78 is 14.2. The molecule has 4 heterocycles. The summed E-state index contributed by atoms with van der Waals surface area (Å²) in [7, 11) is 0. The highest BCUT2D eigenvalue weighted by Crippen LogP contribution is 2.53. The quantitative estimate of drug-likeness (QED) is 0.435. The molecule has 0 aromatic heterocycles. The number of nitrogens with zero attached hydrogens (tertiary/aromatic N) is 2. The van der Waals surface area contributed by atoms with Crippen molar-refractivity contribution in [3.63, 3.8) is 0 Å². The largest absolute Gasteiger partial charge is 0.370 e. The number of likely N-dealkylation sites (tertiary alicyclic amines) is 2. The fourth-order valence-electron chi connectivity index (χ4n) is 13.0. The van der Waals surface area contributed by atoms with E-state index in [-0.39, 0.29) is 47.3 Å². The first-order valence-corrected chi connectivity index (χ1v) is 19.1. The van der Waals surface area contributed by atoms with Crippen molar-refractivity contribution in [1.82, 2.24) is 20.4 Å². The van der Waals surface area contributed by atoms with E-state index in [1.807, 2.05) is 0 Å². The SMILES string of the molecule is CCN1C2CCCCC2C2CC3NC4C(Cl)C5OC6CC7C(CC6NC5C(Cl)C4OC3CC21)C1CCCCC1N7CC. The Morgan fingerprint density at radius 2 is 1.00 bits per heavy atom. The minimum Gasteiger partial charge on any atom is -0.370 e. The maximum atomic E-state index is 7.44. The highest BCUT2D eigenvalue weighted by Gasteiger charge is 2.62. The average molecular weight is 622 g/mol. The van der Waals surface area contributed by atoms with Crippen molar-refractivity contribution < 1.29 is 9.47 Å².